The maximum Gasteiger partial charge on any atom is 0.417 e. The molecule has 0 aromatic heterocycles. The van der Waals surface area contributed by atoms with Crippen LogP contribution >= 0.6 is 11.6 Å². The van der Waals surface area contributed by atoms with Crippen molar-refractivity contribution in [1.82, 2.24) is 4.31 Å². The second-order valence-electron chi connectivity index (χ2n) is 8.04. The highest BCUT2D eigenvalue weighted by Gasteiger charge is 2.35. The van der Waals surface area contributed by atoms with E-state index in [2.05, 4.69) is 4.72 Å². The van der Waals surface area contributed by atoms with Crippen molar-refractivity contribution < 1.29 is 30.0 Å². The molecule has 0 spiro atoms. The van der Waals surface area contributed by atoms with Crippen LogP contribution in [0.3, 0.4) is 0 Å². The van der Waals surface area contributed by atoms with E-state index in [1.165, 1.54) is 28.6 Å². The molecule has 2 aromatic rings. The largest absolute Gasteiger partial charge is 0.417 e. The maximum absolute atomic E-state index is 13.0. The van der Waals surface area contributed by atoms with Gasteiger partial charge in [0.15, 0.2) is 0 Å². The molecule has 32 heavy (non-hydrogen) atoms. The first-order valence-electron chi connectivity index (χ1n) is 9.70. The fraction of sp³-hybridized carbons (Fsp3) is 0.400. The zero-order valence-electron chi connectivity index (χ0n) is 17.2. The first-order chi connectivity index (χ1) is 14.7. The molecule has 12 heteroatoms. The number of piperidine rings is 1. The van der Waals surface area contributed by atoms with Crippen molar-refractivity contribution in [2.45, 2.75) is 36.2 Å². The Kier molecular flexibility index (Phi) is 6.86. The van der Waals surface area contributed by atoms with Gasteiger partial charge in [0.05, 0.1) is 20.4 Å². The lowest BCUT2D eigenvalue weighted by molar-refractivity contribution is -0.137. The molecule has 2 atom stereocenters. The molecular formula is C20H22ClF3N2O4S2. The Hall–Kier alpha value is -1.82. The number of rotatable bonds is 5. The number of halogens is 4. The fourth-order valence-corrected chi connectivity index (χ4v) is 6.74. The Bertz CT molecular complexity index is 1190. The molecule has 0 amide bonds. The molecule has 1 aliphatic rings. The third-order valence-corrected chi connectivity index (χ3v) is 8.69. The number of benzene rings is 2. The zero-order chi connectivity index (χ0) is 23.9. The average Bonchev–Trinajstić information content (AvgIpc) is 2.66. The van der Waals surface area contributed by atoms with Crippen molar-refractivity contribution in [3.05, 3.63) is 53.1 Å². The Labute approximate surface area is 190 Å². The van der Waals surface area contributed by atoms with Crippen molar-refractivity contribution in [1.29, 1.82) is 0 Å². The van der Waals surface area contributed by atoms with E-state index in [4.69, 9.17) is 11.6 Å². The first kappa shape index (κ1) is 24.8. The molecule has 0 bridgehead atoms. The van der Waals surface area contributed by atoms with Crippen LogP contribution in [0.1, 0.15) is 25.8 Å². The maximum atomic E-state index is 13.0. The van der Waals surface area contributed by atoms with E-state index in [-0.39, 0.29) is 22.4 Å². The summed E-state index contributed by atoms with van der Waals surface area (Å²) >= 11 is 5.54. The van der Waals surface area contributed by atoms with Gasteiger partial charge >= 0.3 is 6.18 Å². The van der Waals surface area contributed by atoms with Gasteiger partial charge in [0.2, 0.25) is 10.0 Å². The summed E-state index contributed by atoms with van der Waals surface area (Å²) in [5.41, 5.74) is -1.26. The minimum absolute atomic E-state index is 0.00704. The smallest absolute Gasteiger partial charge is 0.280 e. The van der Waals surface area contributed by atoms with Gasteiger partial charge < -0.3 is 0 Å². The van der Waals surface area contributed by atoms with Crippen LogP contribution in [-0.2, 0) is 26.2 Å². The molecule has 1 N–H and O–H groups in total. The van der Waals surface area contributed by atoms with Crippen LogP contribution < -0.4 is 4.72 Å². The van der Waals surface area contributed by atoms with Crippen LogP contribution in [0.2, 0.25) is 5.02 Å². The van der Waals surface area contributed by atoms with Crippen molar-refractivity contribution in [3.8, 4) is 0 Å². The van der Waals surface area contributed by atoms with Crippen LogP contribution in [0.4, 0.5) is 18.9 Å². The second-order valence-corrected chi connectivity index (χ2v) is 12.1. The number of nitrogens with one attached hydrogen (secondary N) is 1. The molecule has 1 fully saturated rings. The predicted octanol–water partition coefficient (Wildman–Crippen LogP) is 4.83. The molecular weight excluding hydrogens is 489 g/mol. The Morgan fingerprint density at radius 2 is 1.47 bits per heavy atom. The highest BCUT2D eigenvalue weighted by molar-refractivity contribution is 7.92. The van der Waals surface area contributed by atoms with Gasteiger partial charge in [0.1, 0.15) is 0 Å². The van der Waals surface area contributed by atoms with E-state index in [1.54, 1.807) is 0 Å². The van der Waals surface area contributed by atoms with Gasteiger partial charge in [0.25, 0.3) is 10.0 Å². The number of hydrogen-bond acceptors (Lipinski definition) is 4. The second kappa shape index (κ2) is 8.85. The van der Waals surface area contributed by atoms with Crippen molar-refractivity contribution in [2.24, 2.45) is 11.8 Å². The zero-order valence-corrected chi connectivity index (χ0v) is 19.6. The number of alkyl halides is 3. The Morgan fingerprint density at radius 1 is 0.938 bits per heavy atom. The Morgan fingerprint density at radius 3 is 2.00 bits per heavy atom. The van der Waals surface area contributed by atoms with Crippen molar-refractivity contribution in [2.75, 3.05) is 17.8 Å². The predicted molar refractivity (Wildman–Crippen MR) is 115 cm³/mol. The highest BCUT2D eigenvalue weighted by Crippen LogP contribution is 2.36. The van der Waals surface area contributed by atoms with Gasteiger partial charge in [-0.1, -0.05) is 25.4 Å². The van der Waals surface area contributed by atoms with Gasteiger partial charge in [-0.15, -0.1) is 0 Å². The van der Waals surface area contributed by atoms with E-state index in [9.17, 15) is 30.0 Å². The molecule has 6 nitrogen and oxygen atoms in total. The Balaban J connectivity index is 1.83. The van der Waals surface area contributed by atoms with E-state index >= 15 is 0 Å². The summed E-state index contributed by atoms with van der Waals surface area (Å²) in [5, 5.41) is -0.618. The average molecular weight is 511 g/mol. The summed E-state index contributed by atoms with van der Waals surface area (Å²) in [5.74, 6) is 0.446. The summed E-state index contributed by atoms with van der Waals surface area (Å²) in [6.45, 7) is 4.77. The molecule has 2 aromatic carbocycles. The van der Waals surface area contributed by atoms with Crippen molar-refractivity contribution in [3.63, 3.8) is 0 Å². The monoisotopic (exact) mass is 510 g/mol. The van der Waals surface area contributed by atoms with Gasteiger partial charge in [-0.25, -0.2) is 16.8 Å². The van der Waals surface area contributed by atoms with Crippen LogP contribution in [-0.4, -0.2) is 34.2 Å². The lowest BCUT2D eigenvalue weighted by atomic mass is 9.94. The summed E-state index contributed by atoms with van der Waals surface area (Å²) in [6, 6.07) is 7.29. The lowest BCUT2D eigenvalue weighted by Crippen LogP contribution is -2.42. The SMILES string of the molecule is C[C@H]1C[C@H](C)CN(S(=O)(=O)c2ccc(NS(=O)(=O)c3ccc(Cl)c(C(F)(F)F)c3)cc2)C1. The standard InChI is InChI=1S/C20H22ClF3N2O4S2/c1-13-9-14(2)12-26(11-13)32(29,30)16-5-3-15(4-6-16)25-31(27,28)17-7-8-19(21)18(10-17)20(22,23)24/h3-8,10,13-14,25H,9,11-12H2,1-2H3/t13-,14-/m0/s1. The molecule has 1 aliphatic heterocycles. The lowest BCUT2D eigenvalue weighted by Gasteiger charge is -2.34. The first-order valence-corrected chi connectivity index (χ1v) is 13.0. The van der Waals surface area contributed by atoms with E-state index in [0.29, 0.717) is 19.2 Å². The molecule has 176 valence electrons. The third-order valence-electron chi connectivity index (χ3n) is 5.13. The minimum atomic E-state index is -4.82. The molecule has 1 saturated heterocycles. The van der Waals surface area contributed by atoms with Gasteiger partial charge in [0, 0.05) is 18.8 Å². The topological polar surface area (TPSA) is 83.6 Å². The summed E-state index contributed by atoms with van der Waals surface area (Å²) in [4.78, 5) is -0.616. The molecule has 0 unspecified atom stereocenters. The summed E-state index contributed by atoms with van der Waals surface area (Å²) in [6.07, 6.45) is -3.88. The van der Waals surface area contributed by atoms with Crippen LogP contribution in [0, 0.1) is 11.8 Å². The van der Waals surface area contributed by atoms with Gasteiger partial charge in [-0.2, -0.15) is 17.5 Å². The third kappa shape index (κ3) is 5.38. The van der Waals surface area contributed by atoms with E-state index < -0.39 is 41.7 Å². The quantitative estimate of drug-likeness (QED) is 0.624. The number of anilines is 1. The minimum Gasteiger partial charge on any atom is -0.280 e. The molecule has 0 radical (unpaired) electrons. The van der Waals surface area contributed by atoms with Gasteiger partial charge in [-0.3, -0.25) is 4.72 Å². The number of hydrogen-bond donors (Lipinski definition) is 1. The van der Waals surface area contributed by atoms with E-state index in [1.807, 2.05) is 13.8 Å². The molecule has 0 saturated carbocycles. The molecule has 1 heterocycles. The van der Waals surface area contributed by atoms with Crippen molar-refractivity contribution >= 4 is 37.3 Å². The van der Waals surface area contributed by atoms with Crippen LogP contribution in [0.15, 0.2) is 52.3 Å². The van der Waals surface area contributed by atoms with Crippen LogP contribution in [0.25, 0.3) is 0 Å². The molecule has 3 rings (SSSR count). The summed E-state index contributed by atoms with van der Waals surface area (Å²) < 4.78 is 93.6. The summed E-state index contributed by atoms with van der Waals surface area (Å²) in [7, 11) is -8.12. The highest BCUT2D eigenvalue weighted by atomic mass is 35.5. The fourth-order valence-electron chi connectivity index (χ4n) is 3.75. The van der Waals surface area contributed by atoms with Gasteiger partial charge in [-0.05, 0) is 60.7 Å². The molecule has 0 aliphatic carbocycles. The number of sulfonamides is 2. The number of nitrogens with zero attached hydrogens (tertiary/aromatic N) is 1. The van der Waals surface area contributed by atoms with E-state index in [0.717, 1.165) is 18.6 Å². The normalized spacial score (nSPS) is 20.8. The van der Waals surface area contributed by atoms with Crippen LogP contribution in [0.5, 0.6) is 0 Å².